The van der Waals surface area contributed by atoms with Gasteiger partial charge in [-0.05, 0) is 6.07 Å². The van der Waals surface area contributed by atoms with E-state index in [0.29, 0.717) is 6.42 Å². The minimum atomic E-state index is -0.227. The molecule has 2 aromatic rings. The molecule has 0 saturated carbocycles. The van der Waals surface area contributed by atoms with Crippen LogP contribution in [0.1, 0.15) is 5.56 Å². The quantitative estimate of drug-likeness (QED) is 0.672. The van der Waals surface area contributed by atoms with Crippen molar-refractivity contribution >= 4 is 5.91 Å². The zero-order chi connectivity index (χ0) is 12.8. The summed E-state index contributed by atoms with van der Waals surface area (Å²) in [6.45, 7) is 0. The van der Waals surface area contributed by atoms with Crippen molar-refractivity contribution in [3.05, 3.63) is 52.4 Å². The van der Waals surface area contributed by atoms with Gasteiger partial charge in [-0.2, -0.15) is 5.48 Å². The van der Waals surface area contributed by atoms with E-state index in [1.807, 2.05) is 24.3 Å². The Morgan fingerprint density at radius 3 is 2.67 bits per heavy atom. The van der Waals surface area contributed by atoms with Gasteiger partial charge in [0.15, 0.2) is 5.75 Å². The molecular formula is C11H10N4O3. The molecule has 1 aromatic carbocycles. The van der Waals surface area contributed by atoms with Crippen LogP contribution >= 0.6 is 0 Å². The third kappa shape index (κ3) is 3.14. The Balaban J connectivity index is 0.000000149. The number of H-pyrrole nitrogens is 1. The summed E-state index contributed by atoms with van der Waals surface area (Å²) in [6, 6.07) is 8.77. The highest BCUT2D eigenvalue weighted by Gasteiger charge is 2.14. The molecule has 7 heteroatoms. The maximum absolute atomic E-state index is 10.8. The van der Waals surface area contributed by atoms with Gasteiger partial charge < -0.3 is 4.84 Å². The van der Waals surface area contributed by atoms with Crippen molar-refractivity contribution in [3.63, 3.8) is 0 Å². The largest absolute Gasteiger partial charge is 0.379 e. The lowest BCUT2D eigenvalue weighted by Gasteiger charge is -2.15. The van der Waals surface area contributed by atoms with Gasteiger partial charge in [0.25, 0.3) is 11.5 Å². The number of carbonyl (C=O) groups excluding carboxylic acids is 1. The number of benzene rings is 1. The number of hydrogen-bond acceptors (Lipinski definition) is 5. The highest BCUT2D eigenvalue weighted by atomic mass is 16.7. The van der Waals surface area contributed by atoms with E-state index in [0.717, 1.165) is 11.3 Å². The second kappa shape index (κ2) is 5.58. The lowest BCUT2D eigenvalue weighted by atomic mass is 10.1. The van der Waals surface area contributed by atoms with Gasteiger partial charge in [-0.3, -0.25) is 9.59 Å². The maximum atomic E-state index is 10.8. The predicted octanol–water partition coefficient (Wildman–Crippen LogP) is -0.182. The number of amides is 1. The molecule has 0 fully saturated rings. The maximum Gasteiger partial charge on any atom is 0.267 e. The molecular weight excluding hydrogens is 236 g/mol. The van der Waals surface area contributed by atoms with E-state index < -0.39 is 0 Å². The van der Waals surface area contributed by atoms with Gasteiger partial charge in [0.1, 0.15) is 0 Å². The van der Waals surface area contributed by atoms with Crippen molar-refractivity contribution < 1.29 is 9.63 Å². The predicted molar refractivity (Wildman–Crippen MR) is 61.6 cm³/mol. The van der Waals surface area contributed by atoms with Gasteiger partial charge in [0.2, 0.25) is 0 Å². The molecule has 0 radical (unpaired) electrons. The molecule has 7 nitrogen and oxygen atoms in total. The molecule has 0 saturated heterocycles. The van der Waals surface area contributed by atoms with E-state index in [4.69, 9.17) is 4.84 Å². The summed E-state index contributed by atoms with van der Waals surface area (Å²) in [5, 5.41) is 8.65. The summed E-state index contributed by atoms with van der Waals surface area (Å²) in [5.74, 6) is 0.649. The molecule has 18 heavy (non-hydrogen) atoms. The number of nitrogens with zero attached hydrogens (tertiary/aromatic N) is 2. The first kappa shape index (κ1) is 11.8. The third-order valence-electron chi connectivity index (χ3n) is 2.11. The summed E-state index contributed by atoms with van der Waals surface area (Å²) >= 11 is 0. The van der Waals surface area contributed by atoms with Crippen LogP contribution in [0.4, 0.5) is 0 Å². The van der Waals surface area contributed by atoms with Crippen LogP contribution in [-0.4, -0.2) is 21.3 Å². The monoisotopic (exact) mass is 246 g/mol. The second-order valence-corrected chi connectivity index (χ2v) is 3.42. The third-order valence-corrected chi connectivity index (χ3v) is 2.11. The average Bonchev–Trinajstić information content (AvgIpc) is 2.40. The summed E-state index contributed by atoms with van der Waals surface area (Å²) in [4.78, 5) is 25.8. The Hall–Kier alpha value is -2.70. The van der Waals surface area contributed by atoms with Gasteiger partial charge in [0, 0.05) is 11.6 Å². The van der Waals surface area contributed by atoms with Crippen molar-refractivity contribution in [2.75, 3.05) is 0 Å². The summed E-state index contributed by atoms with van der Waals surface area (Å²) in [5.41, 5.74) is 3.01. The molecule has 3 rings (SSSR count). The molecule has 1 aliphatic heterocycles. The molecule has 1 amide bonds. The highest BCUT2D eigenvalue weighted by Crippen LogP contribution is 2.19. The number of aromatic nitrogens is 3. The SMILES string of the molecule is O=C1Cc2ccccc2ON1.O=c1ccnn[nH]1. The normalized spacial score (nSPS) is 12.3. The lowest BCUT2D eigenvalue weighted by molar-refractivity contribution is -0.128. The minimum Gasteiger partial charge on any atom is -0.379 e. The number of aromatic amines is 1. The first-order valence-electron chi connectivity index (χ1n) is 5.15. The Morgan fingerprint density at radius 1 is 1.17 bits per heavy atom. The summed E-state index contributed by atoms with van der Waals surface area (Å²) < 4.78 is 0. The van der Waals surface area contributed by atoms with E-state index in [9.17, 15) is 9.59 Å². The Kier molecular flexibility index (Phi) is 3.65. The minimum absolute atomic E-state index is 0.0938. The van der Waals surface area contributed by atoms with E-state index in [2.05, 4.69) is 20.9 Å². The van der Waals surface area contributed by atoms with Gasteiger partial charge in [0.05, 0.1) is 12.6 Å². The van der Waals surface area contributed by atoms with Crippen LogP contribution in [0, 0.1) is 0 Å². The molecule has 1 aromatic heterocycles. The van der Waals surface area contributed by atoms with Crippen molar-refractivity contribution in [1.29, 1.82) is 0 Å². The van der Waals surface area contributed by atoms with Gasteiger partial charge >= 0.3 is 0 Å². The molecule has 1 aliphatic rings. The summed E-state index contributed by atoms with van der Waals surface area (Å²) in [7, 11) is 0. The van der Waals surface area contributed by atoms with Gasteiger partial charge in [-0.15, -0.1) is 5.10 Å². The Morgan fingerprint density at radius 2 is 2.00 bits per heavy atom. The van der Waals surface area contributed by atoms with Crippen LogP contribution in [-0.2, 0) is 11.2 Å². The first-order chi connectivity index (χ1) is 8.75. The standard InChI is InChI=1S/C8H7NO2.C3H3N3O/c10-8-5-6-3-1-2-4-7(6)11-9-8;7-3-1-2-4-6-5-3/h1-4H,5H2,(H,9,10);1-2H,(H,4,5,7). The highest BCUT2D eigenvalue weighted by molar-refractivity contribution is 5.79. The van der Waals surface area contributed by atoms with Crippen LogP contribution in [0.3, 0.4) is 0 Å². The fourth-order valence-electron chi connectivity index (χ4n) is 1.32. The lowest BCUT2D eigenvalue weighted by Crippen LogP contribution is -2.32. The second-order valence-electron chi connectivity index (χ2n) is 3.42. The molecule has 0 atom stereocenters. The van der Waals surface area contributed by atoms with E-state index in [1.165, 1.54) is 12.3 Å². The number of rotatable bonds is 0. The van der Waals surface area contributed by atoms with Crippen molar-refractivity contribution in [3.8, 4) is 5.75 Å². The number of fused-ring (bicyclic) bond motifs is 1. The molecule has 0 bridgehead atoms. The fourth-order valence-corrected chi connectivity index (χ4v) is 1.32. The number of para-hydroxylation sites is 1. The number of hydrogen-bond donors (Lipinski definition) is 2. The number of hydroxylamine groups is 1. The van der Waals surface area contributed by atoms with E-state index >= 15 is 0 Å². The van der Waals surface area contributed by atoms with Gasteiger partial charge in [-0.1, -0.05) is 23.4 Å². The average molecular weight is 246 g/mol. The zero-order valence-electron chi connectivity index (χ0n) is 9.29. The molecule has 0 unspecified atom stereocenters. The molecule has 92 valence electrons. The molecule has 0 spiro atoms. The van der Waals surface area contributed by atoms with E-state index in [-0.39, 0.29) is 11.5 Å². The van der Waals surface area contributed by atoms with Crippen molar-refractivity contribution in [2.24, 2.45) is 0 Å². The fraction of sp³-hybridized carbons (Fsp3) is 0.0909. The summed E-state index contributed by atoms with van der Waals surface area (Å²) in [6.07, 6.45) is 1.75. The Labute approximate surface area is 102 Å². The number of nitrogens with one attached hydrogen (secondary N) is 2. The topological polar surface area (TPSA) is 97.0 Å². The smallest absolute Gasteiger partial charge is 0.267 e. The molecule has 0 aliphatic carbocycles. The molecule has 2 N–H and O–H groups in total. The van der Waals surface area contributed by atoms with Crippen LogP contribution in [0.25, 0.3) is 0 Å². The van der Waals surface area contributed by atoms with Crippen LogP contribution in [0.2, 0.25) is 0 Å². The molecule has 2 heterocycles. The van der Waals surface area contributed by atoms with Crippen LogP contribution < -0.4 is 15.9 Å². The Bertz CT molecular complexity index is 579. The van der Waals surface area contributed by atoms with Crippen LogP contribution in [0.15, 0.2) is 41.3 Å². The zero-order valence-corrected chi connectivity index (χ0v) is 9.29. The number of carbonyl (C=O) groups is 1. The van der Waals surface area contributed by atoms with Gasteiger partial charge in [-0.25, -0.2) is 5.10 Å². The van der Waals surface area contributed by atoms with E-state index in [1.54, 1.807) is 0 Å². The first-order valence-corrected chi connectivity index (χ1v) is 5.15. The van der Waals surface area contributed by atoms with Crippen molar-refractivity contribution in [2.45, 2.75) is 6.42 Å². The van der Waals surface area contributed by atoms with Crippen molar-refractivity contribution in [1.82, 2.24) is 20.9 Å². The van der Waals surface area contributed by atoms with Crippen LogP contribution in [0.5, 0.6) is 5.75 Å².